The van der Waals surface area contributed by atoms with Crippen molar-refractivity contribution in [3.05, 3.63) is 131 Å². The van der Waals surface area contributed by atoms with Gasteiger partial charge in [0.25, 0.3) is 11.8 Å². The van der Waals surface area contributed by atoms with Crippen LogP contribution in [0.4, 0.5) is 5.69 Å². The molecule has 0 atom stereocenters. The molecule has 4 aromatic carbocycles. The van der Waals surface area contributed by atoms with Crippen molar-refractivity contribution in [2.75, 3.05) is 38.1 Å². The van der Waals surface area contributed by atoms with E-state index in [1.807, 2.05) is 41.3 Å². The Morgan fingerprint density at radius 1 is 0.738 bits per heavy atom. The highest BCUT2D eigenvalue weighted by atomic mass is 16.5. The molecule has 6 heteroatoms. The highest BCUT2D eigenvalue weighted by Crippen LogP contribution is 2.30. The first-order valence-corrected chi connectivity index (χ1v) is 14.9. The largest absolute Gasteiger partial charge is 0.494 e. The number of benzene rings is 4. The van der Waals surface area contributed by atoms with E-state index < -0.39 is 0 Å². The van der Waals surface area contributed by atoms with Gasteiger partial charge in [-0.05, 0) is 53.9 Å². The molecule has 1 heterocycles. The third kappa shape index (κ3) is 7.25. The van der Waals surface area contributed by atoms with E-state index in [1.165, 1.54) is 11.1 Å². The molecule has 216 valence electrons. The van der Waals surface area contributed by atoms with E-state index >= 15 is 0 Å². The van der Waals surface area contributed by atoms with Crippen LogP contribution in [0.3, 0.4) is 0 Å². The number of amides is 2. The van der Waals surface area contributed by atoms with Crippen molar-refractivity contribution in [1.29, 1.82) is 0 Å². The van der Waals surface area contributed by atoms with Gasteiger partial charge in [-0.25, -0.2) is 0 Å². The SMILES string of the molecule is CCCCCOc1ccc(C(=O)Nc2ccccc2C(=O)N2CCN(C(c3ccccc3)c3ccccc3)CC2)cc1. The minimum Gasteiger partial charge on any atom is -0.494 e. The average molecular weight is 562 g/mol. The average Bonchev–Trinajstić information content (AvgIpc) is 3.05. The van der Waals surface area contributed by atoms with Crippen LogP contribution in [-0.2, 0) is 0 Å². The normalized spacial score (nSPS) is 13.6. The van der Waals surface area contributed by atoms with Gasteiger partial charge in [-0.2, -0.15) is 0 Å². The lowest BCUT2D eigenvalue weighted by Crippen LogP contribution is -2.50. The van der Waals surface area contributed by atoms with Crippen molar-refractivity contribution >= 4 is 17.5 Å². The number of piperazine rings is 1. The van der Waals surface area contributed by atoms with Crippen molar-refractivity contribution in [1.82, 2.24) is 9.80 Å². The van der Waals surface area contributed by atoms with Crippen molar-refractivity contribution < 1.29 is 14.3 Å². The number of hydrogen-bond donors (Lipinski definition) is 1. The lowest BCUT2D eigenvalue weighted by atomic mass is 9.96. The number of anilines is 1. The number of rotatable bonds is 11. The fourth-order valence-electron chi connectivity index (χ4n) is 5.46. The van der Waals surface area contributed by atoms with Crippen molar-refractivity contribution in [2.45, 2.75) is 32.2 Å². The molecule has 42 heavy (non-hydrogen) atoms. The van der Waals surface area contributed by atoms with Gasteiger partial charge in [-0.3, -0.25) is 14.5 Å². The first kappa shape index (κ1) is 29.1. The van der Waals surface area contributed by atoms with Crippen molar-refractivity contribution in [2.24, 2.45) is 0 Å². The molecule has 1 aliphatic rings. The summed E-state index contributed by atoms with van der Waals surface area (Å²) in [6.07, 6.45) is 3.29. The molecule has 0 bridgehead atoms. The zero-order valence-electron chi connectivity index (χ0n) is 24.2. The highest BCUT2D eigenvalue weighted by Gasteiger charge is 2.29. The highest BCUT2D eigenvalue weighted by molar-refractivity contribution is 6.09. The van der Waals surface area contributed by atoms with Crippen LogP contribution in [0.2, 0.25) is 0 Å². The van der Waals surface area contributed by atoms with Crippen molar-refractivity contribution in [3.8, 4) is 5.75 Å². The number of para-hydroxylation sites is 1. The molecule has 0 unspecified atom stereocenters. The standard InChI is InChI=1S/C36H39N3O3/c1-2-3-12-27-42-31-21-19-30(20-22-31)35(40)37-33-18-11-10-17-32(33)36(41)39-25-23-38(24-26-39)34(28-13-6-4-7-14-28)29-15-8-5-9-16-29/h4-11,13-22,34H,2-3,12,23-27H2,1H3,(H,37,40). The van der Waals surface area contributed by atoms with E-state index in [1.54, 1.807) is 24.3 Å². The summed E-state index contributed by atoms with van der Waals surface area (Å²) in [5.74, 6) is 0.419. The van der Waals surface area contributed by atoms with Crippen LogP contribution in [0.25, 0.3) is 0 Å². The second-order valence-electron chi connectivity index (χ2n) is 10.6. The van der Waals surface area contributed by atoms with Crippen LogP contribution in [0.1, 0.15) is 64.1 Å². The van der Waals surface area contributed by atoms with Gasteiger partial charge in [0.15, 0.2) is 0 Å². The maximum Gasteiger partial charge on any atom is 0.256 e. The van der Waals surface area contributed by atoms with Crippen LogP contribution >= 0.6 is 0 Å². The number of carbonyl (C=O) groups is 2. The van der Waals surface area contributed by atoms with Crippen LogP contribution in [0.5, 0.6) is 5.75 Å². The second-order valence-corrected chi connectivity index (χ2v) is 10.6. The predicted octanol–water partition coefficient (Wildman–Crippen LogP) is 7.06. The smallest absolute Gasteiger partial charge is 0.256 e. The maximum atomic E-state index is 13.7. The van der Waals surface area contributed by atoms with E-state index in [-0.39, 0.29) is 17.9 Å². The molecule has 4 aromatic rings. The van der Waals surface area contributed by atoms with Gasteiger partial charge >= 0.3 is 0 Å². The number of carbonyl (C=O) groups excluding carboxylic acids is 2. The Labute approximate surface area is 248 Å². The first-order valence-electron chi connectivity index (χ1n) is 14.9. The fraction of sp³-hybridized carbons (Fsp3) is 0.278. The lowest BCUT2D eigenvalue weighted by molar-refractivity contribution is 0.0598. The van der Waals surface area contributed by atoms with E-state index in [0.29, 0.717) is 36.5 Å². The monoisotopic (exact) mass is 561 g/mol. The number of nitrogens with one attached hydrogen (secondary N) is 1. The van der Waals surface area contributed by atoms with Gasteiger partial charge in [0.05, 0.1) is 23.9 Å². The van der Waals surface area contributed by atoms with Crippen LogP contribution in [0.15, 0.2) is 109 Å². The molecule has 6 nitrogen and oxygen atoms in total. The number of hydrogen-bond acceptors (Lipinski definition) is 4. The fourth-order valence-corrected chi connectivity index (χ4v) is 5.46. The molecule has 0 aliphatic carbocycles. The molecule has 2 amide bonds. The summed E-state index contributed by atoms with van der Waals surface area (Å²) < 4.78 is 5.77. The summed E-state index contributed by atoms with van der Waals surface area (Å²) in [5.41, 5.74) is 4.01. The molecule has 0 saturated carbocycles. The lowest BCUT2D eigenvalue weighted by Gasteiger charge is -2.40. The zero-order valence-corrected chi connectivity index (χ0v) is 24.2. The van der Waals surface area contributed by atoms with Gasteiger partial charge in [0.2, 0.25) is 0 Å². The minimum atomic E-state index is -0.258. The Bertz CT molecular complexity index is 1390. The second kappa shape index (κ2) is 14.5. The van der Waals surface area contributed by atoms with Crippen LogP contribution in [0, 0.1) is 0 Å². The Balaban J connectivity index is 1.23. The molecular weight excluding hydrogens is 522 g/mol. The Hall–Kier alpha value is -4.42. The Morgan fingerprint density at radius 2 is 1.33 bits per heavy atom. The van der Waals surface area contributed by atoms with E-state index in [2.05, 4.69) is 65.7 Å². The Morgan fingerprint density at radius 3 is 1.95 bits per heavy atom. The maximum absolute atomic E-state index is 13.7. The predicted molar refractivity (Wildman–Crippen MR) is 168 cm³/mol. The number of ether oxygens (including phenoxy) is 1. The van der Waals surface area contributed by atoms with E-state index in [0.717, 1.165) is 38.1 Å². The van der Waals surface area contributed by atoms with Crippen LogP contribution in [-0.4, -0.2) is 54.4 Å². The molecule has 1 fully saturated rings. The third-order valence-electron chi connectivity index (χ3n) is 7.74. The summed E-state index contributed by atoms with van der Waals surface area (Å²) in [4.78, 5) is 31.1. The van der Waals surface area contributed by atoms with Crippen molar-refractivity contribution in [3.63, 3.8) is 0 Å². The molecule has 0 spiro atoms. The van der Waals surface area contributed by atoms with E-state index in [4.69, 9.17) is 4.74 Å². The topological polar surface area (TPSA) is 61.9 Å². The molecule has 0 aromatic heterocycles. The van der Waals surface area contributed by atoms with E-state index in [9.17, 15) is 9.59 Å². The summed E-state index contributed by atoms with van der Waals surface area (Å²) in [7, 11) is 0. The van der Waals surface area contributed by atoms with Gasteiger partial charge in [0.1, 0.15) is 5.75 Å². The summed E-state index contributed by atoms with van der Waals surface area (Å²) >= 11 is 0. The third-order valence-corrected chi connectivity index (χ3v) is 7.74. The number of unbranched alkanes of at least 4 members (excludes halogenated alkanes) is 2. The summed E-state index contributed by atoms with van der Waals surface area (Å²) in [5, 5.41) is 2.96. The molecule has 1 aliphatic heterocycles. The number of nitrogens with zero attached hydrogens (tertiary/aromatic N) is 2. The summed E-state index contributed by atoms with van der Waals surface area (Å²) in [6.45, 7) is 5.55. The zero-order chi connectivity index (χ0) is 29.1. The molecular formula is C36H39N3O3. The molecule has 1 saturated heterocycles. The molecule has 5 rings (SSSR count). The first-order chi connectivity index (χ1) is 20.6. The minimum absolute atomic E-state index is 0.0719. The molecule has 1 N–H and O–H groups in total. The quantitative estimate of drug-likeness (QED) is 0.199. The summed E-state index contributed by atoms with van der Waals surface area (Å²) in [6, 6.07) is 35.6. The van der Waals surface area contributed by atoms with Gasteiger partial charge in [-0.1, -0.05) is 92.6 Å². The Kier molecular flexibility index (Phi) is 10.0. The van der Waals surface area contributed by atoms with Crippen LogP contribution < -0.4 is 10.1 Å². The molecule has 0 radical (unpaired) electrons. The van der Waals surface area contributed by atoms with Gasteiger partial charge in [0, 0.05) is 31.7 Å². The van der Waals surface area contributed by atoms with Gasteiger partial charge in [-0.15, -0.1) is 0 Å². The van der Waals surface area contributed by atoms with Gasteiger partial charge < -0.3 is 15.0 Å².